The Morgan fingerprint density at radius 1 is 1.16 bits per heavy atom. The van der Waals surface area contributed by atoms with Crippen LogP contribution in [-0.2, 0) is 5.41 Å². The summed E-state index contributed by atoms with van der Waals surface area (Å²) in [6.45, 7) is 1.92. The maximum Gasteiger partial charge on any atom is 0.169 e. The molecule has 1 aromatic rings. The lowest BCUT2D eigenvalue weighted by atomic mass is 9.87. The molecule has 0 bridgehead atoms. The number of benzene rings is 1. The van der Waals surface area contributed by atoms with Gasteiger partial charge in [-0.2, -0.15) is 0 Å². The van der Waals surface area contributed by atoms with E-state index in [1.54, 1.807) is 0 Å². The fourth-order valence-corrected chi connectivity index (χ4v) is 2.67. The lowest BCUT2D eigenvalue weighted by Gasteiger charge is -2.26. The first-order chi connectivity index (χ1) is 9.01. The van der Waals surface area contributed by atoms with Crippen LogP contribution in [0.3, 0.4) is 0 Å². The monoisotopic (exact) mass is 269 g/mol. The van der Waals surface area contributed by atoms with Gasteiger partial charge in [-0.3, -0.25) is 0 Å². The van der Waals surface area contributed by atoms with Crippen LogP contribution in [0.15, 0.2) is 6.07 Å². The Morgan fingerprint density at radius 2 is 1.74 bits per heavy atom. The third-order valence-corrected chi connectivity index (χ3v) is 3.94. The van der Waals surface area contributed by atoms with Crippen molar-refractivity contribution in [2.75, 3.05) is 21.3 Å². The van der Waals surface area contributed by atoms with Gasteiger partial charge in [0.25, 0.3) is 0 Å². The number of hydrogen-bond acceptors (Lipinski definition) is 4. The standard InChI is InChI=1S/C14H20FNO3/c1-8(16)14(5-6-14)11-12(18-3)9(15)7-10(17-2)13(11)19-4/h7-8H,5-6,16H2,1-4H3. The van der Waals surface area contributed by atoms with Crippen LogP contribution in [0.5, 0.6) is 17.2 Å². The van der Waals surface area contributed by atoms with E-state index in [1.807, 2.05) is 6.92 Å². The van der Waals surface area contributed by atoms with Crippen LogP contribution in [-0.4, -0.2) is 27.4 Å². The summed E-state index contributed by atoms with van der Waals surface area (Å²) < 4.78 is 30.0. The summed E-state index contributed by atoms with van der Waals surface area (Å²) in [5.74, 6) is 0.618. The predicted octanol–water partition coefficient (Wildman–Crippen LogP) is 2.23. The zero-order chi connectivity index (χ0) is 14.2. The molecule has 1 unspecified atom stereocenters. The average Bonchev–Trinajstić information content (AvgIpc) is 3.18. The number of methoxy groups -OCH3 is 3. The lowest BCUT2D eigenvalue weighted by molar-refractivity contribution is 0.323. The SMILES string of the molecule is COc1cc(F)c(OC)c(C2(C(C)N)CC2)c1OC. The molecule has 1 saturated carbocycles. The van der Waals surface area contributed by atoms with Gasteiger partial charge < -0.3 is 19.9 Å². The Kier molecular flexibility index (Phi) is 3.58. The molecule has 1 aliphatic carbocycles. The summed E-state index contributed by atoms with van der Waals surface area (Å²) in [7, 11) is 4.47. The minimum Gasteiger partial charge on any atom is -0.493 e. The van der Waals surface area contributed by atoms with Gasteiger partial charge in [0.05, 0.1) is 26.9 Å². The van der Waals surface area contributed by atoms with Crippen molar-refractivity contribution >= 4 is 0 Å². The second kappa shape index (κ2) is 4.89. The normalized spacial score (nSPS) is 17.8. The van der Waals surface area contributed by atoms with E-state index in [0.717, 1.165) is 12.8 Å². The molecule has 1 aromatic carbocycles. The van der Waals surface area contributed by atoms with Crippen molar-refractivity contribution in [3.63, 3.8) is 0 Å². The molecule has 106 valence electrons. The molecule has 2 rings (SSSR count). The predicted molar refractivity (Wildman–Crippen MR) is 70.6 cm³/mol. The van der Waals surface area contributed by atoms with Gasteiger partial charge in [0.1, 0.15) is 0 Å². The fourth-order valence-electron chi connectivity index (χ4n) is 2.67. The molecule has 0 aromatic heterocycles. The Labute approximate surface area is 112 Å². The van der Waals surface area contributed by atoms with Gasteiger partial charge in [-0.05, 0) is 19.8 Å². The largest absolute Gasteiger partial charge is 0.493 e. The van der Waals surface area contributed by atoms with Gasteiger partial charge in [-0.15, -0.1) is 0 Å². The number of nitrogens with two attached hydrogens (primary N) is 1. The third kappa shape index (κ3) is 2.02. The fraction of sp³-hybridized carbons (Fsp3) is 0.571. The summed E-state index contributed by atoms with van der Waals surface area (Å²) >= 11 is 0. The molecule has 1 atom stereocenters. The summed E-state index contributed by atoms with van der Waals surface area (Å²) in [4.78, 5) is 0. The Balaban J connectivity index is 2.72. The number of rotatable bonds is 5. The summed E-state index contributed by atoms with van der Waals surface area (Å²) in [6, 6.07) is 1.17. The minimum absolute atomic E-state index is 0.109. The Hall–Kier alpha value is -1.49. The lowest BCUT2D eigenvalue weighted by Crippen LogP contribution is -2.32. The van der Waals surface area contributed by atoms with Crippen molar-refractivity contribution in [3.05, 3.63) is 17.4 Å². The molecule has 0 aliphatic heterocycles. The molecule has 0 spiro atoms. The molecule has 0 heterocycles. The van der Waals surface area contributed by atoms with Crippen molar-refractivity contribution in [2.24, 2.45) is 5.73 Å². The summed E-state index contributed by atoms with van der Waals surface area (Å²) in [5.41, 5.74) is 6.48. The molecule has 0 radical (unpaired) electrons. The summed E-state index contributed by atoms with van der Waals surface area (Å²) in [6.07, 6.45) is 1.79. The number of ether oxygens (including phenoxy) is 3. The third-order valence-electron chi connectivity index (χ3n) is 3.94. The van der Waals surface area contributed by atoms with E-state index in [1.165, 1.54) is 27.4 Å². The molecule has 0 saturated heterocycles. The Bertz CT molecular complexity index is 484. The minimum atomic E-state index is -0.456. The highest BCUT2D eigenvalue weighted by Crippen LogP contribution is 2.58. The topological polar surface area (TPSA) is 53.7 Å². The Morgan fingerprint density at radius 3 is 2.11 bits per heavy atom. The molecule has 2 N–H and O–H groups in total. The first kappa shape index (κ1) is 13.9. The first-order valence-electron chi connectivity index (χ1n) is 6.26. The van der Waals surface area contributed by atoms with E-state index in [4.69, 9.17) is 19.9 Å². The van der Waals surface area contributed by atoms with Gasteiger partial charge in [-0.1, -0.05) is 0 Å². The van der Waals surface area contributed by atoms with E-state index in [-0.39, 0.29) is 17.2 Å². The van der Waals surface area contributed by atoms with Gasteiger partial charge in [0, 0.05) is 17.5 Å². The van der Waals surface area contributed by atoms with Crippen LogP contribution in [0.25, 0.3) is 0 Å². The van der Waals surface area contributed by atoms with Gasteiger partial charge in [0.2, 0.25) is 0 Å². The van der Waals surface area contributed by atoms with Gasteiger partial charge in [0.15, 0.2) is 23.1 Å². The van der Waals surface area contributed by atoms with Crippen molar-refractivity contribution in [3.8, 4) is 17.2 Å². The van der Waals surface area contributed by atoms with Crippen molar-refractivity contribution in [1.82, 2.24) is 0 Å². The smallest absolute Gasteiger partial charge is 0.169 e. The highest BCUT2D eigenvalue weighted by molar-refractivity contribution is 5.60. The quantitative estimate of drug-likeness (QED) is 0.890. The van der Waals surface area contributed by atoms with Gasteiger partial charge in [-0.25, -0.2) is 4.39 Å². The van der Waals surface area contributed by atoms with E-state index in [9.17, 15) is 4.39 Å². The maximum absolute atomic E-state index is 14.1. The molecule has 1 fully saturated rings. The van der Waals surface area contributed by atoms with Crippen LogP contribution < -0.4 is 19.9 Å². The molecular formula is C14H20FNO3. The zero-order valence-corrected chi connectivity index (χ0v) is 11.7. The summed E-state index contributed by atoms with van der Waals surface area (Å²) in [5, 5.41) is 0. The molecule has 0 amide bonds. The average molecular weight is 269 g/mol. The van der Waals surface area contributed by atoms with E-state index in [2.05, 4.69) is 0 Å². The number of halogens is 1. The van der Waals surface area contributed by atoms with E-state index in [0.29, 0.717) is 17.1 Å². The maximum atomic E-state index is 14.1. The highest BCUT2D eigenvalue weighted by Gasteiger charge is 2.52. The van der Waals surface area contributed by atoms with E-state index < -0.39 is 5.82 Å². The second-order valence-electron chi connectivity index (χ2n) is 4.95. The van der Waals surface area contributed by atoms with Gasteiger partial charge >= 0.3 is 0 Å². The molecule has 4 nitrogen and oxygen atoms in total. The molecule has 19 heavy (non-hydrogen) atoms. The van der Waals surface area contributed by atoms with Crippen LogP contribution >= 0.6 is 0 Å². The molecular weight excluding hydrogens is 249 g/mol. The van der Waals surface area contributed by atoms with Crippen molar-refractivity contribution in [1.29, 1.82) is 0 Å². The van der Waals surface area contributed by atoms with E-state index >= 15 is 0 Å². The highest BCUT2D eigenvalue weighted by atomic mass is 19.1. The van der Waals surface area contributed by atoms with Crippen LogP contribution in [0.1, 0.15) is 25.3 Å². The van der Waals surface area contributed by atoms with Crippen LogP contribution in [0.4, 0.5) is 4.39 Å². The first-order valence-corrected chi connectivity index (χ1v) is 6.26. The second-order valence-corrected chi connectivity index (χ2v) is 4.95. The number of hydrogen-bond donors (Lipinski definition) is 1. The van der Waals surface area contributed by atoms with Crippen molar-refractivity contribution in [2.45, 2.75) is 31.2 Å². The molecule has 1 aliphatic rings. The van der Waals surface area contributed by atoms with Crippen LogP contribution in [0, 0.1) is 5.82 Å². The zero-order valence-electron chi connectivity index (χ0n) is 11.7. The van der Waals surface area contributed by atoms with Crippen LogP contribution in [0.2, 0.25) is 0 Å². The molecule has 5 heteroatoms. The van der Waals surface area contributed by atoms with Crippen molar-refractivity contribution < 1.29 is 18.6 Å².